The maximum absolute atomic E-state index is 13.3. The fraction of sp³-hybridized carbons (Fsp3) is 0.400. The molecule has 13 heteroatoms. The second-order valence-corrected chi connectivity index (χ2v) is 6.05. The quantitative estimate of drug-likeness (QED) is 0.591. The Bertz CT molecular complexity index is 852. The van der Waals surface area contributed by atoms with E-state index in [-0.39, 0.29) is 42.8 Å². The minimum absolute atomic E-state index is 0. The van der Waals surface area contributed by atoms with Crippen LogP contribution in [-0.4, -0.2) is 45.4 Å². The Morgan fingerprint density at radius 3 is 2.32 bits per heavy atom. The lowest BCUT2D eigenvalue weighted by Gasteiger charge is -2.17. The van der Waals surface area contributed by atoms with Gasteiger partial charge in [0, 0.05) is 18.7 Å². The lowest BCUT2D eigenvalue weighted by Crippen LogP contribution is -2.33. The largest absolute Gasteiger partial charge is 0.481 e. The molecule has 6 nitrogen and oxygen atoms in total. The SMILES string of the molecule is Cl.O=C(O)[C@@H]1CN(Cc2nc(-c3cc(F)c(F)c(F)c3)no2)C[C@H]1C(F)(F)F. The van der Waals surface area contributed by atoms with E-state index >= 15 is 0 Å². The Hall–Kier alpha value is -2.34. The van der Waals surface area contributed by atoms with Gasteiger partial charge < -0.3 is 9.63 Å². The van der Waals surface area contributed by atoms with Crippen LogP contribution in [0.3, 0.4) is 0 Å². The van der Waals surface area contributed by atoms with Crippen molar-refractivity contribution in [2.45, 2.75) is 12.7 Å². The molecular weight excluding hydrogens is 420 g/mol. The summed E-state index contributed by atoms with van der Waals surface area (Å²) in [5.41, 5.74) is -0.223. The molecule has 1 fully saturated rings. The van der Waals surface area contributed by atoms with Crippen molar-refractivity contribution in [3.8, 4) is 11.4 Å². The summed E-state index contributed by atoms with van der Waals surface area (Å²) in [6.07, 6.45) is -4.68. The Labute approximate surface area is 159 Å². The number of nitrogens with zero attached hydrogens (tertiary/aromatic N) is 3. The summed E-state index contributed by atoms with van der Waals surface area (Å²) in [6, 6.07) is 1.28. The van der Waals surface area contributed by atoms with Crippen LogP contribution in [0, 0.1) is 29.3 Å². The minimum Gasteiger partial charge on any atom is -0.481 e. The van der Waals surface area contributed by atoms with E-state index in [1.165, 1.54) is 4.90 Å². The highest BCUT2D eigenvalue weighted by molar-refractivity contribution is 5.85. The molecule has 1 N–H and O–H groups in total. The topological polar surface area (TPSA) is 79.5 Å². The van der Waals surface area contributed by atoms with Gasteiger partial charge in [-0.15, -0.1) is 12.4 Å². The van der Waals surface area contributed by atoms with Gasteiger partial charge in [0.05, 0.1) is 18.4 Å². The summed E-state index contributed by atoms with van der Waals surface area (Å²) in [5.74, 6) is -10.3. The normalized spacial score (nSPS) is 20.2. The number of alkyl halides is 3. The zero-order valence-electron chi connectivity index (χ0n) is 13.7. The first-order chi connectivity index (χ1) is 12.6. The lowest BCUT2D eigenvalue weighted by molar-refractivity contribution is -0.188. The van der Waals surface area contributed by atoms with Gasteiger partial charge in [0.2, 0.25) is 11.7 Å². The number of carbonyl (C=O) groups is 1. The fourth-order valence-corrected chi connectivity index (χ4v) is 2.91. The lowest BCUT2D eigenvalue weighted by atomic mass is 9.96. The molecular formula is C15H12ClF6N3O3. The van der Waals surface area contributed by atoms with Gasteiger partial charge in [-0.1, -0.05) is 5.16 Å². The van der Waals surface area contributed by atoms with Crippen molar-refractivity contribution >= 4 is 18.4 Å². The average molecular weight is 432 g/mol. The van der Waals surface area contributed by atoms with E-state index in [4.69, 9.17) is 9.63 Å². The molecule has 3 rings (SSSR count). The summed E-state index contributed by atoms with van der Waals surface area (Å²) in [7, 11) is 0. The van der Waals surface area contributed by atoms with Crippen LogP contribution in [-0.2, 0) is 11.3 Å². The van der Waals surface area contributed by atoms with Crippen LogP contribution in [0.1, 0.15) is 5.89 Å². The van der Waals surface area contributed by atoms with Gasteiger partial charge in [-0.05, 0) is 12.1 Å². The van der Waals surface area contributed by atoms with Gasteiger partial charge in [0.1, 0.15) is 0 Å². The number of halogens is 7. The average Bonchev–Trinajstić information content (AvgIpc) is 3.19. The molecule has 0 saturated carbocycles. The highest BCUT2D eigenvalue weighted by Crippen LogP contribution is 2.38. The second-order valence-electron chi connectivity index (χ2n) is 6.05. The van der Waals surface area contributed by atoms with Crippen molar-refractivity contribution in [1.29, 1.82) is 0 Å². The Morgan fingerprint density at radius 2 is 1.82 bits per heavy atom. The van der Waals surface area contributed by atoms with E-state index in [9.17, 15) is 31.1 Å². The number of likely N-dealkylation sites (tertiary alicyclic amines) is 1. The molecule has 0 unspecified atom stereocenters. The van der Waals surface area contributed by atoms with Crippen LogP contribution in [0.4, 0.5) is 26.3 Å². The molecule has 1 aliphatic rings. The van der Waals surface area contributed by atoms with Crippen LogP contribution in [0.25, 0.3) is 11.4 Å². The highest BCUT2D eigenvalue weighted by atomic mass is 35.5. The first-order valence-electron chi connectivity index (χ1n) is 7.55. The number of carboxylic acid groups (broad SMARTS) is 1. The number of carboxylic acids is 1. The van der Waals surface area contributed by atoms with Crippen molar-refractivity contribution in [2.75, 3.05) is 13.1 Å². The molecule has 2 atom stereocenters. The molecule has 0 spiro atoms. The first kappa shape index (κ1) is 22.0. The molecule has 2 heterocycles. The molecule has 2 aromatic rings. The van der Waals surface area contributed by atoms with Crippen LogP contribution in [0.15, 0.2) is 16.7 Å². The smallest absolute Gasteiger partial charge is 0.393 e. The van der Waals surface area contributed by atoms with Gasteiger partial charge in [-0.2, -0.15) is 18.2 Å². The number of rotatable bonds is 4. The molecule has 0 radical (unpaired) electrons. The highest BCUT2D eigenvalue weighted by Gasteiger charge is 2.52. The molecule has 1 aromatic heterocycles. The van der Waals surface area contributed by atoms with E-state index in [0.29, 0.717) is 12.1 Å². The Kier molecular flexibility index (Phi) is 6.24. The van der Waals surface area contributed by atoms with Crippen LogP contribution >= 0.6 is 12.4 Å². The third-order valence-corrected chi connectivity index (χ3v) is 4.20. The maximum Gasteiger partial charge on any atom is 0.393 e. The van der Waals surface area contributed by atoms with E-state index in [1.807, 2.05) is 0 Å². The summed E-state index contributed by atoms with van der Waals surface area (Å²) in [4.78, 5) is 16.0. The molecule has 0 aliphatic carbocycles. The zero-order chi connectivity index (χ0) is 19.9. The predicted molar refractivity (Wildman–Crippen MR) is 82.8 cm³/mol. The van der Waals surface area contributed by atoms with Gasteiger partial charge in [-0.3, -0.25) is 9.69 Å². The first-order valence-corrected chi connectivity index (χ1v) is 7.55. The number of benzene rings is 1. The standard InChI is InChI=1S/C15H11F6N3O3.ClH/c16-9-1-6(2-10(17)12(9)18)13-22-11(27-23-13)5-24-3-7(14(25)26)8(4-24)15(19,20)21;/h1-2,7-8H,3-5H2,(H,25,26);1H/t7-,8-;/m1./s1. The van der Waals surface area contributed by atoms with Gasteiger partial charge >= 0.3 is 12.1 Å². The zero-order valence-corrected chi connectivity index (χ0v) is 14.5. The number of hydrogen-bond donors (Lipinski definition) is 1. The van der Waals surface area contributed by atoms with Gasteiger partial charge in [0.25, 0.3) is 0 Å². The van der Waals surface area contributed by atoms with Crippen molar-refractivity contribution < 1.29 is 40.8 Å². The van der Waals surface area contributed by atoms with Crippen LogP contribution in [0.5, 0.6) is 0 Å². The van der Waals surface area contributed by atoms with Crippen molar-refractivity contribution in [2.24, 2.45) is 11.8 Å². The van der Waals surface area contributed by atoms with Crippen molar-refractivity contribution in [1.82, 2.24) is 15.0 Å². The fourth-order valence-electron chi connectivity index (χ4n) is 2.91. The summed E-state index contributed by atoms with van der Waals surface area (Å²) >= 11 is 0. The van der Waals surface area contributed by atoms with Gasteiger partial charge in [0.15, 0.2) is 17.5 Å². The molecule has 28 heavy (non-hydrogen) atoms. The summed E-state index contributed by atoms with van der Waals surface area (Å²) in [6.45, 7) is -1.23. The molecule has 0 bridgehead atoms. The number of aromatic nitrogens is 2. The van der Waals surface area contributed by atoms with Crippen LogP contribution in [0.2, 0.25) is 0 Å². The summed E-state index contributed by atoms with van der Waals surface area (Å²) < 4.78 is 83.3. The Morgan fingerprint density at radius 1 is 1.21 bits per heavy atom. The third-order valence-electron chi connectivity index (χ3n) is 4.20. The number of hydrogen-bond acceptors (Lipinski definition) is 5. The van der Waals surface area contributed by atoms with E-state index < -0.39 is 48.0 Å². The molecule has 1 saturated heterocycles. The van der Waals surface area contributed by atoms with Gasteiger partial charge in [-0.25, -0.2) is 13.2 Å². The number of aliphatic carboxylic acids is 1. The Balaban J connectivity index is 0.00000280. The monoisotopic (exact) mass is 431 g/mol. The van der Waals surface area contributed by atoms with E-state index in [0.717, 1.165) is 0 Å². The third kappa shape index (κ3) is 4.38. The van der Waals surface area contributed by atoms with Crippen molar-refractivity contribution in [3.63, 3.8) is 0 Å². The predicted octanol–water partition coefficient (Wildman–Crippen LogP) is 3.27. The molecule has 1 aromatic carbocycles. The molecule has 0 amide bonds. The van der Waals surface area contributed by atoms with E-state index in [2.05, 4.69) is 10.1 Å². The van der Waals surface area contributed by atoms with Crippen molar-refractivity contribution in [3.05, 3.63) is 35.5 Å². The molecule has 154 valence electrons. The maximum atomic E-state index is 13.3. The van der Waals surface area contributed by atoms with Crippen LogP contribution < -0.4 is 0 Å². The second kappa shape index (κ2) is 7.95. The minimum atomic E-state index is -4.68. The summed E-state index contributed by atoms with van der Waals surface area (Å²) in [5, 5.41) is 12.4. The molecule has 1 aliphatic heterocycles. The van der Waals surface area contributed by atoms with E-state index in [1.54, 1.807) is 0 Å².